The maximum atomic E-state index is 11.8. The third-order valence-electron chi connectivity index (χ3n) is 3.27. The number of hydrogen-bond acceptors (Lipinski definition) is 4. The predicted octanol–water partition coefficient (Wildman–Crippen LogP) is 0.937. The molecule has 1 aromatic rings. The molecule has 1 rings (SSSR count). The molecule has 0 radical (unpaired) electrons. The van der Waals surface area contributed by atoms with Crippen molar-refractivity contribution in [2.75, 3.05) is 33.8 Å². The Morgan fingerprint density at radius 2 is 1.95 bits per heavy atom. The van der Waals surface area contributed by atoms with Crippen molar-refractivity contribution in [3.63, 3.8) is 0 Å². The van der Waals surface area contributed by atoms with Crippen LogP contribution in [0.15, 0.2) is 24.3 Å². The first kappa shape index (κ1) is 16.5. The SMILES string of the molecule is CCOc1ccc(C(C)(NCCN(C)C)C(N)=O)cc1. The van der Waals surface area contributed by atoms with Crippen molar-refractivity contribution in [3.05, 3.63) is 29.8 Å². The van der Waals surface area contributed by atoms with Crippen LogP contribution >= 0.6 is 0 Å². The zero-order valence-corrected chi connectivity index (χ0v) is 12.8. The average Bonchev–Trinajstić information content (AvgIpc) is 2.39. The number of likely N-dealkylation sites (N-methyl/N-ethyl adjacent to an activating group) is 1. The molecule has 0 aromatic heterocycles. The van der Waals surface area contributed by atoms with Crippen molar-refractivity contribution in [2.45, 2.75) is 19.4 Å². The number of amides is 1. The molecular weight excluding hydrogens is 254 g/mol. The maximum Gasteiger partial charge on any atom is 0.242 e. The lowest BCUT2D eigenvalue weighted by atomic mass is 9.91. The maximum absolute atomic E-state index is 11.8. The summed E-state index contributed by atoms with van der Waals surface area (Å²) < 4.78 is 5.40. The molecule has 0 aliphatic carbocycles. The third-order valence-corrected chi connectivity index (χ3v) is 3.27. The monoisotopic (exact) mass is 279 g/mol. The summed E-state index contributed by atoms with van der Waals surface area (Å²) >= 11 is 0. The second-order valence-electron chi connectivity index (χ2n) is 5.18. The van der Waals surface area contributed by atoms with E-state index in [-0.39, 0.29) is 5.91 Å². The van der Waals surface area contributed by atoms with Crippen LogP contribution in [-0.4, -0.2) is 44.6 Å². The molecule has 0 aliphatic heterocycles. The van der Waals surface area contributed by atoms with Crippen LogP contribution in [0.25, 0.3) is 0 Å². The van der Waals surface area contributed by atoms with E-state index in [0.29, 0.717) is 13.2 Å². The lowest BCUT2D eigenvalue weighted by molar-refractivity contribution is -0.124. The number of rotatable bonds is 8. The number of nitrogens with one attached hydrogen (secondary N) is 1. The van der Waals surface area contributed by atoms with Crippen LogP contribution < -0.4 is 15.8 Å². The Morgan fingerprint density at radius 3 is 2.40 bits per heavy atom. The van der Waals surface area contributed by atoms with Gasteiger partial charge in [0.25, 0.3) is 0 Å². The second-order valence-corrected chi connectivity index (χ2v) is 5.18. The summed E-state index contributed by atoms with van der Waals surface area (Å²) in [6.45, 7) is 5.87. The first-order valence-electron chi connectivity index (χ1n) is 6.83. The number of benzene rings is 1. The number of nitrogens with zero attached hydrogens (tertiary/aromatic N) is 1. The van der Waals surface area contributed by atoms with Crippen LogP contribution in [0, 0.1) is 0 Å². The smallest absolute Gasteiger partial charge is 0.242 e. The van der Waals surface area contributed by atoms with E-state index >= 15 is 0 Å². The van der Waals surface area contributed by atoms with Crippen molar-refractivity contribution in [3.8, 4) is 5.75 Å². The van der Waals surface area contributed by atoms with Gasteiger partial charge in [0.15, 0.2) is 0 Å². The molecule has 0 saturated heterocycles. The minimum atomic E-state index is -0.874. The van der Waals surface area contributed by atoms with Crippen LogP contribution in [-0.2, 0) is 10.3 Å². The molecule has 0 bridgehead atoms. The predicted molar refractivity (Wildman–Crippen MR) is 80.7 cm³/mol. The summed E-state index contributed by atoms with van der Waals surface area (Å²) in [5.74, 6) is 0.400. The number of nitrogens with two attached hydrogens (primary N) is 1. The molecule has 0 aliphatic rings. The highest BCUT2D eigenvalue weighted by Gasteiger charge is 2.32. The Bertz CT molecular complexity index is 431. The van der Waals surface area contributed by atoms with Crippen molar-refractivity contribution < 1.29 is 9.53 Å². The van der Waals surface area contributed by atoms with Gasteiger partial charge in [-0.2, -0.15) is 0 Å². The Hall–Kier alpha value is -1.59. The number of ether oxygens (including phenoxy) is 1. The first-order chi connectivity index (χ1) is 9.40. The van der Waals surface area contributed by atoms with Crippen molar-refractivity contribution in [1.82, 2.24) is 10.2 Å². The molecule has 5 nitrogen and oxygen atoms in total. The van der Waals surface area contributed by atoms with Gasteiger partial charge in [-0.05, 0) is 45.6 Å². The summed E-state index contributed by atoms with van der Waals surface area (Å²) in [6.07, 6.45) is 0. The minimum Gasteiger partial charge on any atom is -0.494 e. The Balaban J connectivity index is 2.85. The number of carbonyl (C=O) groups excluding carboxylic acids is 1. The largest absolute Gasteiger partial charge is 0.494 e. The Kier molecular flexibility index (Phi) is 5.98. The molecule has 1 atom stereocenters. The van der Waals surface area contributed by atoms with Gasteiger partial charge in [-0.25, -0.2) is 0 Å². The Morgan fingerprint density at radius 1 is 1.35 bits per heavy atom. The van der Waals surface area contributed by atoms with Gasteiger partial charge < -0.3 is 15.4 Å². The summed E-state index contributed by atoms with van der Waals surface area (Å²) in [6, 6.07) is 7.46. The van der Waals surface area contributed by atoms with E-state index in [2.05, 4.69) is 5.32 Å². The molecule has 1 aromatic carbocycles. The quantitative estimate of drug-likeness (QED) is 0.743. The molecule has 3 N–H and O–H groups in total. The van der Waals surface area contributed by atoms with Gasteiger partial charge in [0, 0.05) is 13.1 Å². The summed E-state index contributed by atoms with van der Waals surface area (Å²) in [5.41, 5.74) is 5.54. The van der Waals surface area contributed by atoms with Gasteiger partial charge in [-0.1, -0.05) is 12.1 Å². The lowest BCUT2D eigenvalue weighted by Gasteiger charge is -2.29. The van der Waals surface area contributed by atoms with Gasteiger partial charge in [0.1, 0.15) is 11.3 Å². The molecule has 1 amide bonds. The third kappa shape index (κ3) is 4.21. The van der Waals surface area contributed by atoms with Crippen LogP contribution in [0.5, 0.6) is 5.75 Å². The van der Waals surface area contributed by atoms with Gasteiger partial charge in [0.2, 0.25) is 5.91 Å². The fourth-order valence-corrected chi connectivity index (χ4v) is 1.91. The summed E-state index contributed by atoms with van der Waals surface area (Å²) in [5, 5.41) is 3.24. The van der Waals surface area contributed by atoms with Gasteiger partial charge in [-0.3, -0.25) is 10.1 Å². The standard InChI is InChI=1S/C15H25N3O2/c1-5-20-13-8-6-12(7-9-13)15(2,14(16)19)17-10-11-18(3)4/h6-9,17H,5,10-11H2,1-4H3,(H2,16,19). The van der Waals surface area contributed by atoms with Gasteiger partial charge in [-0.15, -0.1) is 0 Å². The molecule has 0 spiro atoms. The summed E-state index contributed by atoms with van der Waals surface area (Å²) in [4.78, 5) is 13.9. The van der Waals surface area contributed by atoms with E-state index in [9.17, 15) is 4.79 Å². The molecule has 20 heavy (non-hydrogen) atoms. The first-order valence-corrected chi connectivity index (χ1v) is 6.83. The van der Waals surface area contributed by atoms with E-state index < -0.39 is 5.54 Å². The van der Waals surface area contributed by atoms with Crippen molar-refractivity contribution in [2.24, 2.45) is 5.73 Å². The van der Waals surface area contributed by atoms with Gasteiger partial charge in [0.05, 0.1) is 6.61 Å². The van der Waals surface area contributed by atoms with Crippen LogP contribution in [0.4, 0.5) is 0 Å². The number of hydrogen-bond donors (Lipinski definition) is 2. The average molecular weight is 279 g/mol. The molecule has 0 saturated carbocycles. The molecule has 0 fully saturated rings. The molecule has 5 heteroatoms. The topological polar surface area (TPSA) is 67.6 Å². The molecule has 0 heterocycles. The number of carbonyl (C=O) groups is 1. The van der Waals surface area contributed by atoms with Crippen LogP contribution in [0.3, 0.4) is 0 Å². The zero-order valence-electron chi connectivity index (χ0n) is 12.8. The van der Waals surface area contributed by atoms with Crippen LogP contribution in [0.2, 0.25) is 0 Å². The van der Waals surface area contributed by atoms with E-state index in [1.54, 1.807) is 6.92 Å². The Labute approximate surface area is 121 Å². The zero-order chi connectivity index (χ0) is 15.2. The highest BCUT2D eigenvalue weighted by molar-refractivity contribution is 5.85. The summed E-state index contributed by atoms with van der Waals surface area (Å²) in [7, 11) is 3.97. The van der Waals surface area contributed by atoms with E-state index in [4.69, 9.17) is 10.5 Å². The highest BCUT2D eigenvalue weighted by Crippen LogP contribution is 2.23. The van der Waals surface area contributed by atoms with Crippen molar-refractivity contribution in [1.29, 1.82) is 0 Å². The lowest BCUT2D eigenvalue weighted by Crippen LogP contribution is -2.51. The van der Waals surface area contributed by atoms with Gasteiger partial charge >= 0.3 is 0 Å². The van der Waals surface area contributed by atoms with Crippen molar-refractivity contribution >= 4 is 5.91 Å². The molecular formula is C15H25N3O2. The highest BCUT2D eigenvalue weighted by atomic mass is 16.5. The van der Waals surface area contributed by atoms with E-state index in [1.165, 1.54) is 0 Å². The fraction of sp³-hybridized carbons (Fsp3) is 0.533. The second kappa shape index (κ2) is 7.26. The van der Waals surface area contributed by atoms with Crippen LogP contribution in [0.1, 0.15) is 19.4 Å². The molecule has 1 unspecified atom stereocenters. The normalized spacial score (nSPS) is 14.1. The fourth-order valence-electron chi connectivity index (χ4n) is 1.91. The van der Waals surface area contributed by atoms with E-state index in [1.807, 2.05) is 50.2 Å². The minimum absolute atomic E-state index is 0.389. The molecule has 112 valence electrons. The number of primary amides is 1. The van der Waals surface area contributed by atoms with E-state index in [0.717, 1.165) is 17.9 Å².